The van der Waals surface area contributed by atoms with E-state index in [-0.39, 0.29) is 6.04 Å². The number of hydrogen-bond donors (Lipinski definition) is 1. The van der Waals surface area contributed by atoms with Crippen LogP contribution in [0.5, 0.6) is 5.75 Å². The molecule has 20 heavy (non-hydrogen) atoms. The van der Waals surface area contributed by atoms with Crippen molar-refractivity contribution in [3.8, 4) is 5.75 Å². The standard InChI is InChI=1S/C16H22N2O2/c1-12(14-7-8-20-11-14)17-15-9-13(10-18(2)3)5-6-16(15)19-4/h5-9,11-12,17H,10H2,1-4H3. The zero-order chi connectivity index (χ0) is 14.5. The van der Waals surface area contributed by atoms with Crippen molar-refractivity contribution in [2.24, 2.45) is 0 Å². The summed E-state index contributed by atoms with van der Waals surface area (Å²) in [5.74, 6) is 0.850. The predicted molar refractivity (Wildman–Crippen MR) is 81.1 cm³/mol. The van der Waals surface area contributed by atoms with E-state index in [1.807, 2.05) is 12.1 Å². The molecule has 0 fully saturated rings. The van der Waals surface area contributed by atoms with Crippen molar-refractivity contribution in [2.75, 3.05) is 26.5 Å². The number of nitrogens with zero attached hydrogens (tertiary/aromatic N) is 1. The predicted octanol–water partition coefficient (Wildman–Crippen LogP) is 3.52. The molecule has 0 saturated heterocycles. The number of benzene rings is 1. The summed E-state index contributed by atoms with van der Waals surface area (Å²) in [6.45, 7) is 3.00. The SMILES string of the molecule is COc1ccc(CN(C)C)cc1NC(C)c1ccoc1. The van der Waals surface area contributed by atoms with Crippen molar-refractivity contribution in [1.29, 1.82) is 0 Å². The van der Waals surface area contributed by atoms with Gasteiger partial charge in [0, 0.05) is 12.1 Å². The van der Waals surface area contributed by atoms with Gasteiger partial charge in [0.05, 0.1) is 31.4 Å². The Balaban J connectivity index is 2.19. The van der Waals surface area contributed by atoms with Gasteiger partial charge in [0.25, 0.3) is 0 Å². The minimum Gasteiger partial charge on any atom is -0.495 e. The molecule has 108 valence electrons. The maximum atomic E-state index is 5.42. The lowest BCUT2D eigenvalue weighted by Gasteiger charge is -2.18. The topological polar surface area (TPSA) is 37.6 Å². The van der Waals surface area contributed by atoms with Gasteiger partial charge in [-0.15, -0.1) is 0 Å². The summed E-state index contributed by atoms with van der Waals surface area (Å²) in [5, 5.41) is 3.47. The Morgan fingerprint density at radius 2 is 2.10 bits per heavy atom. The molecule has 1 atom stereocenters. The summed E-state index contributed by atoms with van der Waals surface area (Å²) in [6.07, 6.45) is 3.45. The summed E-state index contributed by atoms with van der Waals surface area (Å²) in [6, 6.07) is 8.36. The minimum atomic E-state index is 0.164. The normalized spacial score (nSPS) is 12.4. The fourth-order valence-corrected chi connectivity index (χ4v) is 2.17. The molecule has 0 amide bonds. The van der Waals surface area contributed by atoms with Gasteiger partial charge in [-0.05, 0) is 44.8 Å². The zero-order valence-corrected chi connectivity index (χ0v) is 12.5. The lowest BCUT2D eigenvalue weighted by Crippen LogP contribution is -2.12. The summed E-state index contributed by atoms with van der Waals surface area (Å²) >= 11 is 0. The van der Waals surface area contributed by atoms with E-state index in [4.69, 9.17) is 9.15 Å². The van der Waals surface area contributed by atoms with E-state index in [0.717, 1.165) is 23.5 Å². The van der Waals surface area contributed by atoms with Crippen LogP contribution in [0.3, 0.4) is 0 Å². The van der Waals surface area contributed by atoms with Gasteiger partial charge >= 0.3 is 0 Å². The van der Waals surface area contributed by atoms with Crippen molar-refractivity contribution in [1.82, 2.24) is 4.90 Å². The third kappa shape index (κ3) is 3.54. The fraction of sp³-hybridized carbons (Fsp3) is 0.375. The highest BCUT2D eigenvalue weighted by Crippen LogP contribution is 2.29. The van der Waals surface area contributed by atoms with Gasteiger partial charge in [-0.25, -0.2) is 0 Å². The molecule has 0 saturated carbocycles. The highest BCUT2D eigenvalue weighted by molar-refractivity contribution is 5.59. The zero-order valence-electron chi connectivity index (χ0n) is 12.5. The number of furan rings is 1. The first-order chi connectivity index (χ1) is 9.60. The molecule has 1 N–H and O–H groups in total. The van der Waals surface area contributed by atoms with Gasteiger partial charge in [-0.3, -0.25) is 0 Å². The molecule has 0 aliphatic carbocycles. The smallest absolute Gasteiger partial charge is 0.141 e. The Labute approximate surface area is 120 Å². The first-order valence-corrected chi connectivity index (χ1v) is 6.70. The van der Waals surface area contributed by atoms with Gasteiger partial charge in [-0.1, -0.05) is 6.07 Å². The molecule has 0 spiro atoms. The molecule has 0 aliphatic rings. The van der Waals surface area contributed by atoms with E-state index >= 15 is 0 Å². The van der Waals surface area contributed by atoms with Crippen LogP contribution in [0.1, 0.15) is 24.1 Å². The van der Waals surface area contributed by atoms with Crippen LogP contribution in [-0.4, -0.2) is 26.1 Å². The molecule has 1 heterocycles. The molecular weight excluding hydrogens is 252 g/mol. The molecular formula is C16H22N2O2. The summed E-state index contributed by atoms with van der Waals surface area (Å²) in [7, 11) is 5.81. The molecule has 2 rings (SSSR count). The number of nitrogens with one attached hydrogen (secondary N) is 1. The van der Waals surface area contributed by atoms with E-state index in [9.17, 15) is 0 Å². The second-order valence-corrected chi connectivity index (χ2v) is 5.20. The van der Waals surface area contributed by atoms with Crippen molar-refractivity contribution < 1.29 is 9.15 Å². The van der Waals surface area contributed by atoms with Crippen LogP contribution < -0.4 is 10.1 Å². The highest BCUT2D eigenvalue weighted by Gasteiger charge is 2.11. The van der Waals surface area contributed by atoms with Crippen LogP contribution in [0, 0.1) is 0 Å². The Morgan fingerprint density at radius 1 is 1.30 bits per heavy atom. The van der Waals surface area contributed by atoms with Crippen LogP contribution in [0.2, 0.25) is 0 Å². The average Bonchev–Trinajstić information content (AvgIpc) is 2.92. The van der Waals surface area contributed by atoms with Crippen molar-refractivity contribution >= 4 is 5.69 Å². The van der Waals surface area contributed by atoms with Crippen LogP contribution in [0.25, 0.3) is 0 Å². The van der Waals surface area contributed by atoms with Crippen LogP contribution in [0.4, 0.5) is 5.69 Å². The molecule has 2 aromatic rings. The highest BCUT2D eigenvalue weighted by atomic mass is 16.5. The van der Waals surface area contributed by atoms with Crippen molar-refractivity contribution in [3.05, 3.63) is 47.9 Å². The molecule has 0 radical (unpaired) electrons. The van der Waals surface area contributed by atoms with Gasteiger partial charge in [-0.2, -0.15) is 0 Å². The third-order valence-electron chi connectivity index (χ3n) is 3.18. The number of hydrogen-bond acceptors (Lipinski definition) is 4. The van der Waals surface area contributed by atoms with Gasteiger partial charge in [0.15, 0.2) is 0 Å². The van der Waals surface area contributed by atoms with Gasteiger partial charge in [0.2, 0.25) is 0 Å². The first kappa shape index (κ1) is 14.5. The third-order valence-corrected chi connectivity index (χ3v) is 3.18. The number of methoxy groups -OCH3 is 1. The molecule has 1 aromatic carbocycles. The molecule has 0 bridgehead atoms. The van der Waals surface area contributed by atoms with Gasteiger partial charge < -0.3 is 19.4 Å². The van der Waals surface area contributed by atoms with E-state index in [0.29, 0.717) is 0 Å². The Morgan fingerprint density at radius 3 is 2.70 bits per heavy atom. The first-order valence-electron chi connectivity index (χ1n) is 6.70. The second-order valence-electron chi connectivity index (χ2n) is 5.20. The Bertz CT molecular complexity index is 535. The lowest BCUT2D eigenvalue weighted by atomic mass is 10.1. The van der Waals surface area contributed by atoms with Crippen LogP contribution >= 0.6 is 0 Å². The molecule has 4 nitrogen and oxygen atoms in total. The second kappa shape index (κ2) is 6.48. The van der Waals surface area contributed by atoms with E-state index < -0.39 is 0 Å². The van der Waals surface area contributed by atoms with E-state index in [1.165, 1.54) is 5.56 Å². The molecule has 1 unspecified atom stereocenters. The summed E-state index contributed by atoms with van der Waals surface area (Å²) in [5.41, 5.74) is 3.36. The fourth-order valence-electron chi connectivity index (χ4n) is 2.17. The monoisotopic (exact) mass is 274 g/mol. The van der Waals surface area contributed by atoms with Crippen LogP contribution in [-0.2, 0) is 6.54 Å². The van der Waals surface area contributed by atoms with Crippen molar-refractivity contribution in [3.63, 3.8) is 0 Å². The minimum absolute atomic E-state index is 0.164. The van der Waals surface area contributed by atoms with E-state index in [1.54, 1.807) is 19.6 Å². The average molecular weight is 274 g/mol. The molecule has 1 aromatic heterocycles. The largest absolute Gasteiger partial charge is 0.495 e. The maximum absolute atomic E-state index is 5.42. The molecule has 4 heteroatoms. The number of ether oxygens (including phenoxy) is 1. The summed E-state index contributed by atoms with van der Waals surface area (Å²) < 4.78 is 10.6. The van der Waals surface area contributed by atoms with E-state index in [2.05, 4.69) is 43.4 Å². The Kier molecular flexibility index (Phi) is 4.69. The van der Waals surface area contributed by atoms with Crippen LogP contribution in [0.15, 0.2) is 41.2 Å². The van der Waals surface area contributed by atoms with Gasteiger partial charge in [0.1, 0.15) is 5.75 Å². The number of anilines is 1. The van der Waals surface area contributed by atoms with Crippen molar-refractivity contribution in [2.45, 2.75) is 19.5 Å². The Hall–Kier alpha value is -1.94. The quantitative estimate of drug-likeness (QED) is 0.874. The molecule has 0 aliphatic heterocycles. The summed E-state index contributed by atoms with van der Waals surface area (Å²) in [4.78, 5) is 2.14. The number of rotatable bonds is 6. The maximum Gasteiger partial charge on any atom is 0.141 e. The lowest BCUT2D eigenvalue weighted by molar-refractivity contribution is 0.400.